The largest absolute Gasteiger partial charge is 0.497 e. The van der Waals surface area contributed by atoms with Gasteiger partial charge in [-0.05, 0) is 43.5 Å². The van der Waals surface area contributed by atoms with Crippen LogP contribution in [0.25, 0.3) is 0 Å². The average molecular weight is 343 g/mol. The van der Waals surface area contributed by atoms with Crippen LogP contribution in [0.2, 0.25) is 0 Å². The average Bonchev–Trinajstić information content (AvgIpc) is 3.28. The molecule has 1 saturated heterocycles. The van der Waals surface area contributed by atoms with E-state index in [0.717, 1.165) is 38.1 Å². The molecular weight excluding hydrogens is 318 g/mol. The Bertz CT molecular complexity index is 657. The van der Waals surface area contributed by atoms with E-state index < -0.39 is 0 Å². The van der Waals surface area contributed by atoms with Gasteiger partial charge in [0.25, 0.3) is 0 Å². The quantitative estimate of drug-likeness (QED) is 0.777. The minimum absolute atomic E-state index is 0.0824. The SMILES string of the molecule is COc1ccc(CCNC(=O)CN2CCC[C@@H]2Cn2cncn2)cc1. The highest BCUT2D eigenvalue weighted by atomic mass is 16.5. The first-order chi connectivity index (χ1) is 12.2. The number of nitrogens with one attached hydrogen (secondary N) is 1. The molecule has 1 atom stereocenters. The molecule has 0 unspecified atom stereocenters. The number of amides is 1. The number of aromatic nitrogens is 3. The van der Waals surface area contributed by atoms with E-state index in [0.29, 0.717) is 19.1 Å². The number of rotatable bonds is 8. The van der Waals surface area contributed by atoms with E-state index >= 15 is 0 Å². The van der Waals surface area contributed by atoms with Gasteiger partial charge in [0, 0.05) is 12.6 Å². The summed E-state index contributed by atoms with van der Waals surface area (Å²) in [5.74, 6) is 0.930. The third kappa shape index (κ3) is 5.03. The zero-order valence-corrected chi connectivity index (χ0v) is 14.6. The van der Waals surface area contributed by atoms with Crippen LogP contribution < -0.4 is 10.1 Å². The number of likely N-dealkylation sites (tertiary alicyclic amines) is 1. The second-order valence-corrected chi connectivity index (χ2v) is 6.33. The summed E-state index contributed by atoms with van der Waals surface area (Å²) < 4.78 is 6.99. The molecule has 0 aliphatic carbocycles. The van der Waals surface area contributed by atoms with Gasteiger partial charge in [0.15, 0.2) is 0 Å². The highest BCUT2D eigenvalue weighted by Crippen LogP contribution is 2.18. The lowest BCUT2D eigenvalue weighted by Crippen LogP contribution is -2.41. The summed E-state index contributed by atoms with van der Waals surface area (Å²) in [6.45, 7) is 2.85. The van der Waals surface area contributed by atoms with Crippen LogP contribution in [-0.2, 0) is 17.8 Å². The number of benzene rings is 1. The van der Waals surface area contributed by atoms with Crippen molar-refractivity contribution in [2.45, 2.75) is 31.8 Å². The maximum Gasteiger partial charge on any atom is 0.234 e. The van der Waals surface area contributed by atoms with Gasteiger partial charge in [0.1, 0.15) is 18.4 Å². The van der Waals surface area contributed by atoms with Crippen molar-refractivity contribution >= 4 is 5.91 Å². The Labute approximate surface area is 148 Å². The Morgan fingerprint density at radius 2 is 2.20 bits per heavy atom. The van der Waals surface area contributed by atoms with E-state index in [1.54, 1.807) is 19.8 Å². The van der Waals surface area contributed by atoms with Crippen LogP contribution in [0, 0.1) is 0 Å². The number of carbonyl (C=O) groups excluding carboxylic acids is 1. The molecule has 25 heavy (non-hydrogen) atoms. The van der Waals surface area contributed by atoms with Gasteiger partial charge in [-0.2, -0.15) is 5.10 Å². The molecule has 1 aromatic heterocycles. The lowest BCUT2D eigenvalue weighted by atomic mass is 10.1. The van der Waals surface area contributed by atoms with Gasteiger partial charge in [-0.3, -0.25) is 14.4 Å². The number of hydrogen-bond donors (Lipinski definition) is 1. The summed E-state index contributed by atoms with van der Waals surface area (Å²) in [5, 5.41) is 7.18. The molecule has 0 saturated carbocycles. The van der Waals surface area contributed by atoms with Crippen LogP contribution in [0.5, 0.6) is 5.75 Å². The summed E-state index contributed by atoms with van der Waals surface area (Å²) in [7, 11) is 1.66. The van der Waals surface area contributed by atoms with E-state index in [1.165, 1.54) is 5.56 Å². The van der Waals surface area contributed by atoms with Gasteiger partial charge >= 0.3 is 0 Å². The highest BCUT2D eigenvalue weighted by Gasteiger charge is 2.26. The van der Waals surface area contributed by atoms with Crippen molar-refractivity contribution in [2.24, 2.45) is 0 Å². The van der Waals surface area contributed by atoms with Crippen molar-refractivity contribution < 1.29 is 9.53 Å². The zero-order valence-electron chi connectivity index (χ0n) is 14.6. The number of carbonyl (C=O) groups is 1. The maximum absolute atomic E-state index is 12.2. The van der Waals surface area contributed by atoms with Crippen molar-refractivity contribution in [1.29, 1.82) is 0 Å². The molecule has 3 rings (SSSR count). The molecule has 1 amide bonds. The van der Waals surface area contributed by atoms with Crippen LogP contribution in [-0.4, -0.2) is 58.4 Å². The van der Waals surface area contributed by atoms with Gasteiger partial charge in [0.2, 0.25) is 5.91 Å². The molecule has 7 nitrogen and oxygen atoms in total. The van der Waals surface area contributed by atoms with E-state index in [-0.39, 0.29) is 5.91 Å². The fourth-order valence-electron chi connectivity index (χ4n) is 3.23. The van der Waals surface area contributed by atoms with Gasteiger partial charge in [-0.1, -0.05) is 12.1 Å². The van der Waals surface area contributed by atoms with Gasteiger partial charge in [0.05, 0.1) is 20.2 Å². The molecule has 134 valence electrons. The number of hydrogen-bond acceptors (Lipinski definition) is 5. The smallest absolute Gasteiger partial charge is 0.234 e. The van der Waals surface area contributed by atoms with Crippen molar-refractivity contribution in [3.8, 4) is 5.75 Å². The summed E-state index contributed by atoms with van der Waals surface area (Å²) in [6.07, 6.45) is 6.31. The summed E-state index contributed by atoms with van der Waals surface area (Å²) in [6, 6.07) is 8.29. The number of methoxy groups -OCH3 is 1. The minimum Gasteiger partial charge on any atom is -0.497 e. The van der Waals surface area contributed by atoms with Crippen LogP contribution in [0.3, 0.4) is 0 Å². The predicted molar refractivity (Wildman–Crippen MR) is 94.3 cm³/mol. The molecule has 2 aromatic rings. The van der Waals surface area contributed by atoms with Crippen LogP contribution in [0.1, 0.15) is 18.4 Å². The summed E-state index contributed by atoms with van der Waals surface area (Å²) in [4.78, 5) is 18.4. The molecular formula is C18H25N5O2. The second kappa shape index (κ2) is 8.62. The first kappa shape index (κ1) is 17.4. The summed E-state index contributed by atoms with van der Waals surface area (Å²) in [5.41, 5.74) is 1.19. The van der Waals surface area contributed by atoms with E-state index in [9.17, 15) is 4.79 Å². The molecule has 7 heteroatoms. The van der Waals surface area contributed by atoms with Crippen molar-refractivity contribution in [2.75, 3.05) is 26.7 Å². The maximum atomic E-state index is 12.2. The predicted octanol–water partition coefficient (Wildman–Crippen LogP) is 1.11. The first-order valence-corrected chi connectivity index (χ1v) is 8.70. The third-order valence-electron chi connectivity index (χ3n) is 4.61. The Balaban J connectivity index is 1.40. The molecule has 0 bridgehead atoms. The Kier molecular flexibility index (Phi) is 6.00. The lowest BCUT2D eigenvalue weighted by molar-refractivity contribution is -0.122. The zero-order chi connectivity index (χ0) is 17.5. The van der Waals surface area contributed by atoms with E-state index in [2.05, 4.69) is 20.3 Å². The fourth-order valence-corrected chi connectivity index (χ4v) is 3.23. The van der Waals surface area contributed by atoms with Crippen LogP contribution in [0.4, 0.5) is 0 Å². The Morgan fingerprint density at radius 1 is 1.36 bits per heavy atom. The monoisotopic (exact) mass is 343 g/mol. The molecule has 1 aliphatic heterocycles. The van der Waals surface area contributed by atoms with Crippen molar-refractivity contribution in [3.63, 3.8) is 0 Å². The Hall–Kier alpha value is -2.41. The van der Waals surface area contributed by atoms with Crippen molar-refractivity contribution in [3.05, 3.63) is 42.5 Å². The number of nitrogens with zero attached hydrogens (tertiary/aromatic N) is 4. The first-order valence-electron chi connectivity index (χ1n) is 8.70. The molecule has 0 radical (unpaired) electrons. The van der Waals surface area contributed by atoms with Gasteiger partial charge in [-0.25, -0.2) is 4.98 Å². The molecule has 1 fully saturated rings. The highest BCUT2D eigenvalue weighted by molar-refractivity contribution is 5.78. The molecule has 1 N–H and O–H groups in total. The minimum atomic E-state index is 0.0824. The number of ether oxygens (including phenoxy) is 1. The molecule has 0 spiro atoms. The standard InChI is InChI=1S/C18H25N5O2/c1-25-17-6-4-15(5-7-17)8-9-20-18(24)12-22-10-2-3-16(22)11-23-14-19-13-21-23/h4-7,13-14,16H,2-3,8-12H2,1H3,(H,20,24)/t16-/m1/s1. The van der Waals surface area contributed by atoms with Crippen molar-refractivity contribution in [1.82, 2.24) is 25.0 Å². The molecule has 1 aliphatic rings. The van der Waals surface area contributed by atoms with Gasteiger partial charge in [-0.15, -0.1) is 0 Å². The normalized spacial score (nSPS) is 17.6. The van der Waals surface area contributed by atoms with Crippen LogP contribution >= 0.6 is 0 Å². The van der Waals surface area contributed by atoms with Crippen LogP contribution in [0.15, 0.2) is 36.9 Å². The second-order valence-electron chi connectivity index (χ2n) is 6.33. The van der Waals surface area contributed by atoms with Gasteiger partial charge < -0.3 is 10.1 Å². The fraction of sp³-hybridized carbons (Fsp3) is 0.500. The third-order valence-corrected chi connectivity index (χ3v) is 4.61. The van der Waals surface area contributed by atoms with E-state index in [1.807, 2.05) is 28.9 Å². The lowest BCUT2D eigenvalue weighted by Gasteiger charge is -2.23. The molecule has 1 aromatic carbocycles. The Morgan fingerprint density at radius 3 is 2.92 bits per heavy atom. The summed E-state index contributed by atoms with van der Waals surface area (Å²) >= 11 is 0. The molecule has 2 heterocycles. The van der Waals surface area contributed by atoms with E-state index in [4.69, 9.17) is 4.74 Å². The topological polar surface area (TPSA) is 72.3 Å².